The second-order valence-corrected chi connectivity index (χ2v) is 8.37. The Labute approximate surface area is 208 Å². The fourth-order valence-corrected chi connectivity index (χ4v) is 4.64. The molecule has 2 atom stereocenters. The van der Waals surface area contributed by atoms with Gasteiger partial charge in [0.25, 0.3) is 0 Å². The van der Waals surface area contributed by atoms with Crippen LogP contribution >= 0.6 is 0 Å². The van der Waals surface area contributed by atoms with Crippen molar-refractivity contribution >= 4 is 17.9 Å². The third kappa shape index (κ3) is 7.95. The molecule has 0 spiro atoms. The number of aromatic nitrogens is 2. The summed E-state index contributed by atoms with van der Waals surface area (Å²) in [5.74, 6) is -2.51. The molecule has 1 saturated carbocycles. The first-order valence-electron chi connectivity index (χ1n) is 11.0. The number of hydrogen-bond acceptors (Lipinski definition) is 6. The molecule has 34 heavy (non-hydrogen) atoms. The topological polar surface area (TPSA) is 136 Å². The molecule has 1 aromatic heterocycles. The number of imidazole rings is 1. The van der Waals surface area contributed by atoms with E-state index in [2.05, 4.69) is 4.98 Å². The molecule has 2 aromatic rings. The number of nitrogens with zero attached hydrogens (tertiary/aromatic N) is 4. The summed E-state index contributed by atoms with van der Waals surface area (Å²) in [7, 11) is 0. The molecule has 0 bridgehead atoms. The van der Waals surface area contributed by atoms with E-state index in [-0.39, 0.29) is 42.2 Å². The monoisotopic (exact) mass is 513 g/mol. The molecule has 0 aliphatic heterocycles. The smallest absolute Gasteiger partial charge is 0.480 e. The van der Waals surface area contributed by atoms with Gasteiger partial charge in [0.2, 0.25) is 0 Å². The van der Waals surface area contributed by atoms with Gasteiger partial charge in [-0.25, -0.2) is 4.98 Å². The minimum Gasteiger partial charge on any atom is -0.480 e. The van der Waals surface area contributed by atoms with Crippen LogP contribution in [0.5, 0.6) is 0 Å². The van der Waals surface area contributed by atoms with Gasteiger partial charge >= 0.3 is 35.0 Å². The van der Waals surface area contributed by atoms with Crippen LogP contribution in [0.3, 0.4) is 0 Å². The summed E-state index contributed by atoms with van der Waals surface area (Å²) in [6, 6.07) is 9.19. The van der Waals surface area contributed by atoms with Gasteiger partial charge in [0.1, 0.15) is 5.82 Å². The van der Waals surface area contributed by atoms with Crippen molar-refractivity contribution < 1.29 is 46.8 Å². The van der Waals surface area contributed by atoms with E-state index in [1.54, 1.807) is 11.1 Å². The molecule has 11 heteroatoms. The molecular formula is C23H30MnN4O6+2. The Bertz CT molecular complexity index is 938. The number of carbonyl (C=O) groups is 3. The molecule has 1 fully saturated rings. The maximum atomic E-state index is 11.7. The fourth-order valence-electron chi connectivity index (χ4n) is 4.64. The van der Waals surface area contributed by atoms with E-state index in [4.69, 9.17) is 0 Å². The van der Waals surface area contributed by atoms with Gasteiger partial charge in [0, 0.05) is 31.0 Å². The minimum absolute atomic E-state index is 0. The van der Waals surface area contributed by atoms with Crippen molar-refractivity contribution in [2.45, 2.75) is 50.9 Å². The molecule has 1 unspecified atom stereocenters. The van der Waals surface area contributed by atoms with Crippen molar-refractivity contribution in [3.8, 4) is 0 Å². The molecule has 1 aliphatic carbocycles. The first kappa shape index (κ1) is 27.5. The number of rotatable bonds is 12. The van der Waals surface area contributed by atoms with Gasteiger partial charge < -0.3 is 19.9 Å². The summed E-state index contributed by atoms with van der Waals surface area (Å²) in [5.41, 5.74) is 1.09. The first-order valence-corrected chi connectivity index (χ1v) is 11.0. The van der Waals surface area contributed by atoms with Crippen molar-refractivity contribution in [3.63, 3.8) is 0 Å². The average molecular weight is 513 g/mol. The maximum absolute atomic E-state index is 11.7. The Morgan fingerprint density at radius 1 is 0.882 bits per heavy atom. The van der Waals surface area contributed by atoms with Crippen LogP contribution in [0.15, 0.2) is 42.7 Å². The zero-order chi connectivity index (χ0) is 23.8. The first-order chi connectivity index (χ1) is 15.8. The van der Waals surface area contributed by atoms with Crippen LogP contribution in [0, 0.1) is 0 Å². The van der Waals surface area contributed by atoms with E-state index in [0.717, 1.165) is 18.4 Å². The van der Waals surface area contributed by atoms with E-state index in [0.29, 0.717) is 25.2 Å². The summed E-state index contributed by atoms with van der Waals surface area (Å²) in [6.07, 6.45) is 6.49. The molecule has 3 rings (SSSR count). The molecule has 1 aromatic carbocycles. The quantitative estimate of drug-likeness (QED) is 0.362. The number of benzene rings is 1. The van der Waals surface area contributed by atoms with Gasteiger partial charge in [-0.1, -0.05) is 43.2 Å². The van der Waals surface area contributed by atoms with Gasteiger partial charge in [-0.05, 0) is 18.4 Å². The van der Waals surface area contributed by atoms with Crippen LogP contribution in [0.1, 0.15) is 37.1 Å². The number of carboxylic acid groups (broad SMARTS) is 3. The predicted octanol–water partition coefficient (Wildman–Crippen LogP) is 1.60. The molecule has 1 aliphatic rings. The van der Waals surface area contributed by atoms with Gasteiger partial charge in [-0.15, -0.1) is 0 Å². The zero-order valence-electron chi connectivity index (χ0n) is 18.8. The summed E-state index contributed by atoms with van der Waals surface area (Å²) >= 11 is 0. The van der Waals surface area contributed by atoms with E-state index in [9.17, 15) is 29.7 Å². The van der Waals surface area contributed by atoms with Crippen molar-refractivity contribution in [2.75, 3.05) is 19.6 Å². The SMILES string of the molecule is O=C(O)CN(CC(=O)O)C1CCCC[C@@H]1N(CC(=O)O)Cc1nccn1Cc1ccccc1.[Mn+2]. The molecule has 1 heterocycles. The van der Waals surface area contributed by atoms with E-state index >= 15 is 0 Å². The normalized spacial score (nSPS) is 17.9. The van der Waals surface area contributed by atoms with Crippen LogP contribution < -0.4 is 0 Å². The molecule has 0 amide bonds. The predicted molar refractivity (Wildman–Crippen MR) is 119 cm³/mol. The zero-order valence-corrected chi connectivity index (χ0v) is 20.0. The van der Waals surface area contributed by atoms with E-state index < -0.39 is 31.0 Å². The Kier molecular flexibility index (Phi) is 10.7. The summed E-state index contributed by atoms with van der Waals surface area (Å²) in [5, 5.41) is 28.2. The largest absolute Gasteiger partial charge is 2.00 e. The summed E-state index contributed by atoms with van der Waals surface area (Å²) in [4.78, 5) is 42.2. The van der Waals surface area contributed by atoms with Crippen LogP contribution in [-0.2, 0) is 44.5 Å². The van der Waals surface area contributed by atoms with Crippen LogP contribution in [0.2, 0.25) is 0 Å². The minimum atomic E-state index is -1.11. The molecule has 183 valence electrons. The van der Waals surface area contributed by atoms with Crippen molar-refractivity contribution in [1.29, 1.82) is 0 Å². The van der Waals surface area contributed by atoms with Crippen molar-refractivity contribution in [1.82, 2.24) is 19.4 Å². The molecule has 3 N–H and O–H groups in total. The fraction of sp³-hybridized carbons (Fsp3) is 0.478. The van der Waals surface area contributed by atoms with E-state index in [1.807, 2.05) is 41.1 Å². The van der Waals surface area contributed by atoms with Crippen molar-refractivity contribution in [2.24, 2.45) is 0 Å². The second kappa shape index (κ2) is 13.2. The summed E-state index contributed by atoms with van der Waals surface area (Å²) in [6.45, 7) is -0.196. The average Bonchev–Trinajstić information content (AvgIpc) is 3.19. The third-order valence-corrected chi connectivity index (χ3v) is 5.99. The Balaban J connectivity index is 0.00000408. The molecule has 10 nitrogen and oxygen atoms in total. The third-order valence-electron chi connectivity index (χ3n) is 5.99. The van der Waals surface area contributed by atoms with Gasteiger partial charge in [0.05, 0.1) is 26.2 Å². The number of hydrogen-bond donors (Lipinski definition) is 3. The molecule has 1 radical (unpaired) electrons. The Morgan fingerprint density at radius 2 is 1.41 bits per heavy atom. The van der Waals surface area contributed by atoms with E-state index in [1.165, 1.54) is 4.90 Å². The van der Waals surface area contributed by atoms with Crippen LogP contribution in [0.4, 0.5) is 0 Å². The van der Waals surface area contributed by atoms with Crippen LogP contribution in [-0.4, -0.2) is 84.3 Å². The van der Waals surface area contributed by atoms with Crippen LogP contribution in [0.25, 0.3) is 0 Å². The van der Waals surface area contributed by atoms with Gasteiger partial charge in [-0.3, -0.25) is 24.2 Å². The summed E-state index contributed by atoms with van der Waals surface area (Å²) < 4.78 is 1.97. The van der Waals surface area contributed by atoms with Gasteiger partial charge in [-0.2, -0.15) is 0 Å². The number of carboxylic acids is 3. The molecular weight excluding hydrogens is 483 g/mol. The Morgan fingerprint density at radius 3 is 1.97 bits per heavy atom. The molecule has 0 saturated heterocycles. The maximum Gasteiger partial charge on any atom is 2.00 e. The number of aliphatic carboxylic acids is 3. The Hall–Kier alpha value is -2.72. The van der Waals surface area contributed by atoms with Crippen molar-refractivity contribution in [3.05, 3.63) is 54.1 Å². The standard InChI is InChI=1S/C23H30N4O6.Mn/c28-21(29)14-26(13-20-24-10-11-25(20)12-17-6-2-1-3-7-17)18-8-4-5-9-19(18)27(15-22(30)31)16-23(32)33;/h1-3,6-7,10-11,18-19H,4-5,8-9,12-16H2,(H,28,29)(H,30,31)(H,32,33);/q;+2/t18-,19?;/m0./s1. The van der Waals surface area contributed by atoms with Gasteiger partial charge in [0.15, 0.2) is 0 Å². The second-order valence-electron chi connectivity index (χ2n) is 8.37.